The van der Waals surface area contributed by atoms with Crippen molar-refractivity contribution in [1.82, 2.24) is 0 Å². The van der Waals surface area contributed by atoms with Crippen LogP contribution in [0.1, 0.15) is 47.8 Å². The normalized spacial score (nSPS) is 12.7. The molecule has 0 bridgehead atoms. The summed E-state index contributed by atoms with van der Waals surface area (Å²) in [5, 5.41) is 22.2. The first-order chi connectivity index (χ1) is 16.6. The number of rotatable bonds is 9. The highest BCUT2D eigenvalue weighted by atomic mass is 19.1. The van der Waals surface area contributed by atoms with E-state index in [4.69, 9.17) is 9.47 Å². The van der Waals surface area contributed by atoms with Crippen LogP contribution in [0.2, 0.25) is 0 Å². The first-order valence-electron chi connectivity index (χ1n) is 10.9. The molecule has 3 rings (SSSR count). The van der Waals surface area contributed by atoms with Crippen molar-refractivity contribution in [2.75, 3.05) is 7.11 Å². The van der Waals surface area contributed by atoms with E-state index in [0.717, 1.165) is 6.20 Å². The van der Waals surface area contributed by atoms with Crippen molar-refractivity contribution in [2.24, 2.45) is 5.92 Å². The summed E-state index contributed by atoms with van der Waals surface area (Å²) in [5.41, 5.74) is 0.763. The molecule has 3 aromatic rings. The highest BCUT2D eigenvalue weighted by Gasteiger charge is 2.31. The van der Waals surface area contributed by atoms with Gasteiger partial charge in [-0.3, -0.25) is 9.59 Å². The van der Waals surface area contributed by atoms with E-state index < -0.39 is 59.2 Å². The van der Waals surface area contributed by atoms with Crippen molar-refractivity contribution in [3.05, 3.63) is 94.5 Å². The number of aromatic hydroxyl groups is 1. The van der Waals surface area contributed by atoms with Gasteiger partial charge < -0.3 is 19.8 Å². The van der Waals surface area contributed by atoms with E-state index in [9.17, 15) is 28.7 Å². The fraction of sp³-hybridized carbons (Fsp3) is 0.269. The molecule has 35 heavy (non-hydrogen) atoms. The minimum absolute atomic E-state index is 0.0502. The Bertz CT molecular complexity index is 1150. The van der Waals surface area contributed by atoms with Gasteiger partial charge in [-0.1, -0.05) is 31.2 Å². The van der Waals surface area contributed by atoms with Crippen LogP contribution >= 0.6 is 0 Å². The molecule has 0 saturated heterocycles. The van der Waals surface area contributed by atoms with Crippen LogP contribution in [0.15, 0.2) is 60.8 Å². The number of methoxy groups -OCH3 is 1. The molecule has 2 atom stereocenters. The Morgan fingerprint density at radius 3 is 1.97 bits per heavy atom. The van der Waals surface area contributed by atoms with Gasteiger partial charge in [0.25, 0.3) is 0 Å². The number of esters is 1. The van der Waals surface area contributed by atoms with Crippen LogP contribution in [-0.4, -0.2) is 30.1 Å². The van der Waals surface area contributed by atoms with Gasteiger partial charge in [-0.05, 0) is 42.3 Å². The third-order valence-corrected chi connectivity index (χ3v) is 5.65. The highest BCUT2D eigenvalue weighted by Crippen LogP contribution is 2.32. The summed E-state index contributed by atoms with van der Waals surface area (Å²) in [6, 6.07) is 12.5. The lowest BCUT2D eigenvalue weighted by Crippen LogP contribution is -2.35. The van der Waals surface area contributed by atoms with Crippen LogP contribution in [-0.2, 0) is 9.53 Å². The average Bonchev–Trinajstić information content (AvgIpc) is 2.81. The Morgan fingerprint density at radius 1 is 0.971 bits per heavy atom. The van der Waals surface area contributed by atoms with Crippen molar-refractivity contribution in [2.45, 2.75) is 32.3 Å². The number of hydrogen-bond acceptors (Lipinski definition) is 6. The van der Waals surface area contributed by atoms with Crippen LogP contribution in [0.5, 0.6) is 11.5 Å². The van der Waals surface area contributed by atoms with Crippen LogP contribution in [0, 0.1) is 22.8 Å². The lowest BCUT2D eigenvalue weighted by molar-refractivity contribution is -0.608. The van der Waals surface area contributed by atoms with Crippen LogP contribution in [0.3, 0.4) is 0 Å². The predicted molar refractivity (Wildman–Crippen MR) is 122 cm³/mol. The second-order valence-corrected chi connectivity index (χ2v) is 8.16. The Morgan fingerprint density at radius 2 is 1.49 bits per heavy atom. The van der Waals surface area contributed by atoms with Gasteiger partial charge in [0.15, 0.2) is 11.9 Å². The molecule has 9 heteroatoms. The Hall–Kier alpha value is -4.01. The van der Waals surface area contributed by atoms with Gasteiger partial charge in [-0.2, -0.15) is 4.73 Å². The lowest BCUT2D eigenvalue weighted by atomic mass is 9.87. The Kier molecular flexibility index (Phi) is 8.01. The summed E-state index contributed by atoms with van der Waals surface area (Å²) < 4.78 is 37.7. The summed E-state index contributed by atoms with van der Waals surface area (Å²) >= 11 is 0. The lowest BCUT2D eigenvalue weighted by Gasteiger charge is -2.26. The summed E-state index contributed by atoms with van der Waals surface area (Å²) in [5.74, 6) is -4.48. The number of carbonyl (C=O) groups excluding carboxylic acids is 2. The van der Waals surface area contributed by atoms with Crippen molar-refractivity contribution >= 4 is 11.8 Å². The topological polar surface area (TPSA) is 99.8 Å². The highest BCUT2D eigenvalue weighted by molar-refractivity contribution is 5.98. The van der Waals surface area contributed by atoms with Crippen molar-refractivity contribution in [3.8, 4) is 11.5 Å². The zero-order chi connectivity index (χ0) is 25.7. The van der Waals surface area contributed by atoms with Crippen molar-refractivity contribution in [1.29, 1.82) is 0 Å². The molecule has 1 aromatic heterocycles. The SMILES string of the molecule is COc1cc[n+]([O-])c(C(=O)C[C@@H](C)C(=O)O[C@@H](C)C(c2ccc(F)cc2)c2ccc(F)cc2)c1O. The van der Waals surface area contributed by atoms with E-state index in [1.807, 2.05) is 0 Å². The minimum atomic E-state index is -0.947. The molecular weight excluding hydrogens is 460 g/mol. The number of ketones is 1. The van der Waals surface area contributed by atoms with E-state index >= 15 is 0 Å². The van der Waals surface area contributed by atoms with Crippen LogP contribution in [0.25, 0.3) is 0 Å². The van der Waals surface area contributed by atoms with E-state index in [1.54, 1.807) is 31.2 Å². The van der Waals surface area contributed by atoms with E-state index in [1.165, 1.54) is 44.4 Å². The molecule has 1 heterocycles. The van der Waals surface area contributed by atoms with Crippen molar-refractivity contribution in [3.63, 3.8) is 0 Å². The van der Waals surface area contributed by atoms with Gasteiger partial charge in [0.1, 0.15) is 17.7 Å². The summed E-state index contributed by atoms with van der Waals surface area (Å²) in [6.07, 6.45) is -0.135. The molecule has 0 saturated carbocycles. The fourth-order valence-electron chi connectivity index (χ4n) is 3.83. The number of halogens is 2. The first kappa shape index (κ1) is 25.6. The largest absolute Gasteiger partial charge is 0.618 e. The minimum Gasteiger partial charge on any atom is -0.618 e. The number of hydrogen-bond donors (Lipinski definition) is 1. The molecule has 0 aliphatic heterocycles. The summed E-state index contributed by atoms with van der Waals surface area (Å²) in [6.45, 7) is 3.10. The first-order valence-corrected chi connectivity index (χ1v) is 10.9. The Balaban J connectivity index is 1.78. The fourth-order valence-corrected chi connectivity index (χ4v) is 3.83. The van der Waals surface area contributed by atoms with Gasteiger partial charge in [0.2, 0.25) is 11.5 Å². The van der Waals surface area contributed by atoms with Crippen LogP contribution in [0.4, 0.5) is 8.78 Å². The van der Waals surface area contributed by atoms with E-state index in [0.29, 0.717) is 11.1 Å². The summed E-state index contributed by atoms with van der Waals surface area (Å²) in [4.78, 5) is 25.5. The maximum Gasteiger partial charge on any atom is 0.309 e. The average molecular weight is 485 g/mol. The molecular formula is C26H25F2NO6. The number of nitrogens with zero attached hydrogens (tertiary/aromatic N) is 1. The van der Waals surface area contributed by atoms with Gasteiger partial charge in [-0.15, -0.1) is 0 Å². The molecule has 1 N–H and O–H groups in total. The van der Waals surface area contributed by atoms with Crippen molar-refractivity contribution < 1.29 is 37.7 Å². The zero-order valence-corrected chi connectivity index (χ0v) is 19.4. The number of Topliss-reactive ketones (excluding diaryl/α,β-unsaturated/α-hetero) is 1. The quantitative estimate of drug-likeness (QED) is 0.210. The van der Waals surface area contributed by atoms with Gasteiger partial charge in [-0.25, -0.2) is 8.78 Å². The maximum absolute atomic E-state index is 13.5. The van der Waals surface area contributed by atoms with Gasteiger partial charge >= 0.3 is 11.7 Å². The number of aromatic nitrogens is 1. The molecule has 2 aromatic carbocycles. The molecule has 0 spiro atoms. The third kappa shape index (κ3) is 5.92. The molecule has 0 fully saturated rings. The van der Waals surface area contributed by atoms with Gasteiger partial charge in [0, 0.05) is 18.4 Å². The molecule has 184 valence electrons. The Labute approximate surface area is 201 Å². The smallest absolute Gasteiger partial charge is 0.309 e. The molecule has 0 aliphatic rings. The molecule has 0 amide bonds. The predicted octanol–water partition coefficient (Wildman–Crippen LogP) is 4.29. The molecule has 0 aliphatic carbocycles. The number of ether oxygens (including phenoxy) is 2. The zero-order valence-electron chi connectivity index (χ0n) is 19.4. The van der Waals surface area contributed by atoms with Gasteiger partial charge in [0.05, 0.1) is 13.0 Å². The number of carbonyl (C=O) groups is 2. The van der Waals surface area contributed by atoms with E-state index in [-0.39, 0.29) is 10.5 Å². The number of pyridine rings is 1. The van der Waals surface area contributed by atoms with Crippen LogP contribution < -0.4 is 9.47 Å². The molecule has 0 radical (unpaired) electrons. The monoisotopic (exact) mass is 485 g/mol. The second-order valence-electron chi connectivity index (χ2n) is 8.16. The standard InChI is InChI=1S/C26H25F2NO6/c1-15(14-21(30)24-25(31)22(34-3)12-13-29(24)33)26(32)35-16(2)23(17-4-8-19(27)9-5-17)18-6-10-20(28)11-7-18/h4-13,15-16,23,31H,14H2,1-3H3/t15-,16+/m1/s1. The third-order valence-electron chi connectivity index (χ3n) is 5.65. The molecule has 7 nitrogen and oxygen atoms in total. The summed E-state index contributed by atoms with van der Waals surface area (Å²) in [7, 11) is 1.28. The van der Waals surface area contributed by atoms with E-state index in [2.05, 4.69) is 0 Å². The molecule has 0 unspecified atom stereocenters. The number of benzene rings is 2. The maximum atomic E-state index is 13.5. The second kappa shape index (κ2) is 10.9.